The van der Waals surface area contributed by atoms with Gasteiger partial charge in [-0.25, -0.2) is 19.2 Å². The lowest BCUT2D eigenvalue weighted by molar-refractivity contribution is -0.157. The minimum absolute atomic E-state index is 0.0939. The fraction of sp³-hybridized carbons (Fsp3) is 0.488. The summed E-state index contributed by atoms with van der Waals surface area (Å²) in [6.45, 7) is 10.9. The SMILES string of the molecule is CC(C)(C)OC(=O)[C@H](CSSC[C@H](NC(=O)OC[C@H]1c2ccccc2[C@H]2CCC[C@H]21)C(=O)OC(C)(C)C)NC(=O)OCC1c2ccccc2-c2ccccc21. The van der Waals surface area contributed by atoms with Crippen LogP contribution >= 0.6 is 21.6 Å². The minimum Gasteiger partial charge on any atom is -0.458 e. The molecule has 10 nitrogen and oxygen atoms in total. The molecule has 2 N–H and O–H groups in total. The van der Waals surface area contributed by atoms with Crippen LogP contribution in [0.5, 0.6) is 0 Å². The summed E-state index contributed by atoms with van der Waals surface area (Å²) in [5, 5.41) is 5.43. The monoisotopic (exact) mass is 788 g/mol. The molecule has 294 valence electrons. The molecule has 0 heterocycles. The van der Waals surface area contributed by atoms with Crippen molar-refractivity contribution in [3.8, 4) is 11.1 Å². The molecule has 55 heavy (non-hydrogen) atoms. The fourth-order valence-electron chi connectivity index (χ4n) is 7.93. The number of rotatable bonds is 13. The van der Waals surface area contributed by atoms with E-state index in [4.69, 9.17) is 18.9 Å². The van der Waals surface area contributed by atoms with Crippen molar-refractivity contribution in [3.63, 3.8) is 0 Å². The second-order valence-electron chi connectivity index (χ2n) is 16.4. The van der Waals surface area contributed by atoms with Crippen molar-refractivity contribution >= 4 is 45.7 Å². The predicted octanol–water partition coefficient (Wildman–Crippen LogP) is 8.73. The molecule has 3 aromatic rings. The average molecular weight is 789 g/mol. The van der Waals surface area contributed by atoms with Gasteiger partial charge in [-0.05, 0) is 99.6 Å². The van der Waals surface area contributed by atoms with E-state index < -0.39 is 47.4 Å². The highest BCUT2D eigenvalue weighted by atomic mass is 33.1. The molecule has 0 saturated heterocycles. The normalized spacial score (nSPS) is 19.6. The molecule has 0 radical (unpaired) electrons. The van der Waals surface area contributed by atoms with Crippen LogP contribution in [0.4, 0.5) is 9.59 Å². The lowest BCUT2D eigenvalue weighted by Crippen LogP contribution is -2.46. The second-order valence-corrected chi connectivity index (χ2v) is 18.9. The third-order valence-electron chi connectivity index (χ3n) is 10.1. The molecule has 5 atom stereocenters. The van der Waals surface area contributed by atoms with Crippen molar-refractivity contribution in [2.24, 2.45) is 5.92 Å². The van der Waals surface area contributed by atoms with E-state index in [0.717, 1.165) is 41.5 Å². The van der Waals surface area contributed by atoms with E-state index in [2.05, 4.69) is 41.0 Å². The zero-order chi connectivity index (χ0) is 39.3. The number of nitrogens with one attached hydrogen (secondary N) is 2. The second kappa shape index (κ2) is 17.3. The van der Waals surface area contributed by atoms with E-state index in [-0.39, 0.29) is 36.6 Å². The highest BCUT2D eigenvalue weighted by Gasteiger charge is 2.43. The molecule has 12 heteroatoms. The molecule has 0 unspecified atom stereocenters. The topological polar surface area (TPSA) is 129 Å². The standard InChI is InChI=1S/C43H52N2O8S2/c1-42(2,3)52-38(46)36(44-40(48)50-22-34-30-17-10-7-14-26(30)27-15-8-11-18-31(27)34)24-54-55-25-37(39(47)53-43(4,5)6)45-41(49)51-23-35-32-19-12-9-16-28(32)29-20-13-21-33(29)35/h7-12,14-19,29,33-37H,13,20-25H2,1-6H3,(H,44,48)(H,45,49)/t29-,33-,35+,36+,37+/m1/s1. The van der Waals surface area contributed by atoms with Crippen molar-refractivity contribution in [2.45, 2.75) is 102 Å². The van der Waals surface area contributed by atoms with Crippen LogP contribution < -0.4 is 10.6 Å². The van der Waals surface area contributed by atoms with E-state index in [1.807, 2.05) is 42.5 Å². The lowest BCUT2D eigenvalue weighted by Gasteiger charge is -2.25. The number of esters is 2. The van der Waals surface area contributed by atoms with Crippen LogP contribution in [0.3, 0.4) is 0 Å². The zero-order valence-corrected chi connectivity index (χ0v) is 34.1. The van der Waals surface area contributed by atoms with Gasteiger partial charge < -0.3 is 29.6 Å². The Labute approximate surface area is 331 Å². The van der Waals surface area contributed by atoms with Crippen LogP contribution in [0.25, 0.3) is 11.1 Å². The van der Waals surface area contributed by atoms with Gasteiger partial charge >= 0.3 is 24.1 Å². The minimum atomic E-state index is -1.04. The maximum atomic E-state index is 13.3. The van der Waals surface area contributed by atoms with Gasteiger partial charge in [0.1, 0.15) is 36.5 Å². The molecule has 3 aliphatic carbocycles. The molecular weight excluding hydrogens is 737 g/mol. The molecular formula is C43H52N2O8S2. The maximum absolute atomic E-state index is 13.3. The first-order valence-electron chi connectivity index (χ1n) is 19.0. The summed E-state index contributed by atoms with van der Waals surface area (Å²) in [5.41, 5.74) is 5.41. The van der Waals surface area contributed by atoms with Gasteiger partial charge in [-0.15, -0.1) is 0 Å². The van der Waals surface area contributed by atoms with E-state index in [0.29, 0.717) is 11.8 Å². The Kier molecular flexibility index (Phi) is 12.8. The summed E-state index contributed by atoms with van der Waals surface area (Å²) in [6.07, 6.45) is 1.98. The summed E-state index contributed by atoms with van der Waals surface area (Å²) in [5.74, 6) is -0.0553. The zero-order valence-electron chi connectivity index (χ0n) is 32.4. The van der Waals surface area contributed by atoms with Gasteiger partial charge in [0.25, 0.3) is 0 Å². The van der Waals surface area contributed by atoms with Gasteiger partial charge in [-0.2, -0.15) is 0 Å². The molecule has 3 aliphatic rings. The Hall–Kier alpha value is -4.16. The molecule has 0 aromatic heterocycles. The van der Waals surface area contributed by atoms with Crippen molar-refractivity contribution < 1.29 is 38.1 Å². The number of fused-ring (bicyclic) bond motifs is 6. The highest BCUT2D eigenvalue weighted by Crippen LogP contribution is 2.54. The Morgan fingerprint density at radius 1 is 0.636 bits per heavy atom. The molecule has 0 bridgehead atoms. The van der Waals surface area contributed by atoms with Crippen molar-refractivity contribution in [1.82, 2.24) is 10.6 Å². The Morgan fingerprint density at radius 3 is 1.60 bits per heavy atom. The molecule has 1 fully saturated rings. The summed E-state index contributed by atoms with van der Waals surface area (Å²) in [7, 11) is 2.51. The van der Waals surface area contributed by atoms with E-state index in [1.54, 1.807) is 41.5 Å². The summed E-state index contributed by atoms with van der Waals surface area (Å²) >= 11 is 0. The van der Waals surface area contributed by atoms with Gasteiger partial charge in [0.15, 0.2) is 0 Å². The quantitative estimate of drug-likeness (QED) is 0.0751. The van der Waals surface area contributed by atoms with Gasteiger partial charge in [0.2, 0.25) is 0 Å². The van der Waals surface area contributed by atoms with Gasteiger partial charge in [0, 0.05) is 23.3 Å². The summed E-state index contributed by atoms with van der Waals surface area (Å²) in [6, 6.07) is 22.5. The van der Waals surface area contributed by atoms with Gasteiger partial charge in [-0.3, -0.25) is 0 Å². The molecule has 3 aromatic carbocycles. The fourth-order valence-corrected chi connectivity index (χ4v) is 10.2. The van der Waals surface area contributed by atoms with Crippen LogP contribution in [0, 0.1) is 5.92 Å². The number of carbonyl (C=O) groups excluding carboxylic acids is 4. The van der Waals surface area contributed by atoms with Crippen LogP contribution in [0.1, 0.15) is 101 Å². The number of alkyl carbamates (subject to hydrolysis) is 2. The molecule has 6 rings (SSSR count). The van der Waals surface area contributed by atoms with Crippen LogP contribution in [-0.4, -0.2) is 72.1 Å². The van der Waals surface area contributed by atoms with Crippen LogP contribution in [0.2, 0.25) is 0 Å². The number of hydrogen-bond acceptors (Lipinski definition) is 10. The molecule has 0 aliphatic heterocycles. The van der Waals surface area contributed by atoms with Crippen LogP contribution in [0.15, 0.2) is 72.8 Å². The largest absolute Gasteiger partial charge is 0.458 e. The Balaban J connectivity index is 1.04. The van der Waals surface area contributed by atoms with Gasteiger partial charge in [-0.1, -0.05) is 101 Å². The van der Waals surface area contributed by atoms with E-state index in [1.165, 1.54) is 32.7 Å². The lowest BCUT2D eigenvalue weighted by atomic mass is 9.90. The molecule has 2 amide bonds. The first-order valence-corrected chi connectivity index (χ1v) is 21.5. The van der Waals surface area contributed by atoms with E-state index >= 15 is 0 Å². The van der Waals surface area contributed by atoms with Crippen molar-refractivity contribution in [1.29, 1.82) is 0 Å². The predicted molar refractivity (Wildman–Crippen MR) is 216 cm³/mol. The number of hydrogen-bond donors (Lipinski definition) is 2. The highest BCUT2D eigenvalue weighted by molar-refractivity contribution is 8.76. The van der Waals surface area contributed by atoms with Crippen molar-refractivity contribution in [2.75, 3.05) is 24.7 Å². The smallest absolute Gasteiger partial charge is 0.407 e. The molecule has 1 saturated carbocycles. The first-order chi connectivity index (χ1) is 26.2. The summed E-state index contributed by atoms with van der Waals surface area (Å²) in [4.78, 5) is 52.9. The number of benzene rings is 3. The Bertz CT molecular complexity index is 1830. The van der Waals surface area contributed by atoms with Crippen LogP contribution in [-0.2, 0) is 28.5 Å². The first kappa shape index (κ1) is 40.5. The van der Waals surface area contributed by atoms with Gasteiger partial charge in [0.05, 0.1) is 0 Å². The number of ether oxygens (including phenoxy) is 4. The number of carbonyl (C=O) groups is 4. The maximum Gasteiger partial charge on any atom is 0.407 e. The third kappa shape index (κ3) is 10.2. The third-order valence-corrected chi connectivity index (χ3v) is 12.6. The number of amides is 2. The van der Waals surface area contributed by atoms with Crippen molar-refractivity contribution in [3.05, 3.63) is 95.1 Å². The molecule has 0 spiro atoms. The average Bonchev–Trinajstić information content (AvgIpc) is 3.81. The summed E-state index contributed by atoms with van der Waals surface area (Å²) < 4.78 is 22.8. The Morgan fingerprint density at radius 2 is 1.09 bits per heavy atom. The van der Waals surface area contributed by atoms with E-state index in [9.17, 15) is 19.2 Å².